The van der Waals surface area contributed by atoms with E-state index in [1.54, 1.807) is 0 Å². The Kier molecular flexibility index (Phi) is 15.8. The van der Waals surface area contributed by atoms with Crippen molar-refractivity contribution in [3.05, 3.63) is 65.1 Å². The zero-order chi connectivity index (χ0) is 30.0. The molecule has 4 nitrogen and oxygen atoms in total. The minimum absolute atomic E-state index is 0.125. The molecule has 1 aromatic rings. The van der Waals surface area contributed by atoms with E-state index in [1.165, 1.54) is 95.6 Å². The number of hydrogen-bond donors (Lipinski definition) is 0. The van der Waals surface area contributed by atoms with Crippen LogP contribution in [0.5, 0.6) is 0 Å². The third-order valence-electron chi connectivity index (χ3n) is 8.79. The minimum atomic E-state index is -0.125. The number of hydrogen-bond acceptors (Lipinski definition) is 4. The van der Waals surface area contributed by atoms with Crippen LogP contribution in [0.1, 0.15) is 136 Å². The molecule has 4 heteroatoms. The van der Waals surface area contributed by atoms with E-state index in [2.05, 4.69) is 81.3 Å². The first kappa shape index (κ1) is 33.9. The topological polar surface area (TPSA) is 37.2 Å². The molecular weight excluding hydrogens is 514 g/mol. The normalized spacial score (nSPS) is 16.6. The van der Waals surface area contributed by atoms with Gasteiger partial charge in [-0.3, -0.25) is 4.99 Å². The fourth-order valence-corrected chi connectivity index (χ4v) is 6.14. The molecule has 0 aromatic heterocycles. The number of allylic oxidation sites excluding steroid dienone is 2. The fourth-order valence-electron chi connectivity index (χ4n) is 6.14. The van der Waals surface area contributed by atoms with E-state index in [9.17, 15) is 0 Å². The molecule has 2 aliphatic rings. The van der Waals surface area contributed by atoms with Crippen molar-refractivity contribution in [2.75, 3.05) is 19.6 Å². The molecule has 1 aromatic carbocycles. The van der Waals surface area contributed by atoms with Crippen molar-refractivity contribution >= 4 is 17.6 Å². The summed E-state index contributed by atoms with van der Waals surface area (Å²) in [6.07, 6.45) is 27.4. The first-order valence-corrected chi connectivity index (χ1v) is 17.3. The summed E-state index contributed by atoms with van der Waals surface area (Å²) < 4.78 is 6.43. The van der Waals surface area contributed by atoms with Crippen LogP contribution in [0.15, 0.2) is 63.9 Å². The van der Waals surface area contributed by atoms with Crippen LogP contribution < -0.4 is 0 Å². The first-order valence-electron chi connectivity index (χ1n) is 17.3. The summed E-state index contributed by atoms with van der Waals surface area (Å²) in [6.45, 7) is 13.9. The van der Waals surface area contributed by atoms with Crippen molar-refractivity contribution in [2.24, 2.45) is 15.9 Å². The van der Waals surface area contributed by atoms with Gasteiger partial charge in [0.25, 0.3) is 0 Å². The van der Waals surface area contributed by atoms with E-state index in [0.717, 1.165) is 47.9 Å². The Balaban J connectivity index is 1.65. The van der Waals surface area contributed by atoms with Crippen molar-refractivity contribution < 1.29 is 4.74 Å². The highest BCUT2D eigenvalue weighted by Crippen LogP contribution is 2.31. The van der Waals surface area contributed by atoms with Gasteiger partial charge in [0.15, 0.2) is 6.10 Å². The Bertz CT molecular complexity index is 1060. The molecule has 0 spiro atoms. The fraction of sp³-hybridized carbons (Fsp3) is 0.632. The lowest BCUT2D eigenvalue weighted by molar-refractivity contribution is 0.201. The maximum Gasteiger partial charge on any atom is 0.161 e. The standard InChI is InChI=1S/C38H59N3O/c1-6-10-12-14-16-18-22-32(23-19-17-15-13-11-7-2)29-39-30-33-24-20-21-25-35(33)38-31(5)42-37-28-34(41(8-3)9-4)26-27-36(37)40-38/h20-21,24-28,30,32,37H,6-19,22-23,29H2,1-5H3. The maximum absolute atomic E-state index is 6.43. The van der Waals surface area contributed by atoms with E-state index in [4.69, 9.17) is 14.7 Å². The first-order chi connectivity index (χ1) is 20.6. The van der Waals surface area contributed by atoms with E-state index >= 15 is 0 Å². The molecule has 232 valence electrons. The van der Waals surface area contributed by atoms with Crippen LogP contribution in [0.3, 0.4) is 0 Å². The van der Waals surface area contributed by atoms with Crippen LogP contribution in [0, 0.1) is 5.92 Å². The van der Waals surface area contributed by atoms with Gasteiger partial charge in [-0.2, -0.15) is 0 Å². The van der Waals surface area contributed by atoms with E-state index in [1.807, 2.05) is 6.92 Å². The number of likely N-dealkylation sites (N-methyl/N-ethyl adjacent to an activating group) is 1. The summed E-state index contributed by atoms with van der Waals surface area (Å²) in [6, 6.07) is 8.51. The lowest BCUT2D eigenvalue weighted by Crippen LogP contribution is -2.30. The molecule has 1 heterocycles. The molecule has 1 aliphatic heterocycles. The quantitative estimate of drug-likeness (QED) is 0.108. The van der Waals surface area contributed by atoms with Crippen LogP contribution in [0.2, 0.25) is 0 Å². The largest absolute Gasteiger partial charge is 0.482 e. The summed E-state index contributed by atoms with van der Waals surface area (Å²) in [5, 5.41) is 0. The van der Waals surface area contributed by atoms with Gasteiger partial charge in [0.1, 0.15) is 11.5 Å². The van der Waals surface area contributed by atoms with Gasteiger partial charge in [0.05, 0.1) is 5.71 Å². The molecule has 0 radical (unpaired) electrons. The average Bonchev–Trinajstić information content (AvgIpc) is 3.00. The van der Waals surface area contributed by atoms with Gasteiger partial charge in [-0.05, 0) is 57.8 Å². The Morgan fingerprint density at radius 1 is 0.833 bits per heavy atom. The van der Waals surface area contributed by atoms with Gasteiger partial charge in [0.2, 0.25) is 0 Å². The average molecular weight is 574 g/mol. The van der Waals surface area contributed by atoms with Crippen LogP contribution in [0.4, 0.5) is 0 Å². The molecule has 42 heavy (non-hydrogen) atoms. The van der Waals surface area contributed by atoms with Crippen LogP contribution >= 0.6 is 0 Å². The third-order valence-corrected chi connectivity index (χ3v) is 8.79. The Morgan fingerprint density at radius 2 is 1.45 bits per heavy atom. The smallest absolute Gasteiger partial charge is 0.161 e. The molecule has 0 fully saturated rings. The van der Waals surface area contributed by atoms with Crippen molar-refractivity contribution in [1.82, 2.24) is 4.90 Å². The lowest BCUT2D eigenvalue weighted by Gasteiger charge is -2.30. The Hall–Kier alpha value is -2.62. The highest BCUT2D eigenvalue weighted by atomic mass is 16.5. The summed E-state index contributed by atoms with van der Waals surface area (Å²) >= 11 is 0. The zero-order valence-electron chi connectivity index (χ0n) is 27.5. The second-order valence-electron chi connectivity index (χ2n) is 12.1. The highest BCUT2D eigenvalue weighted by molar-refractivity contribution is 6.06. The minimum Gasteiger partial charge on any atom is -0.482 e. The SMILES string of the molecule is CCCCCCCCC(CCCCCCCC)CN=Cc1ccccc1C1=C(C)OC2C=C(N(CC)CC)C=CC2=N1. The van der Waals surface area contributed by atoms with E-state index in [0.29, 0.717) is 5.92 Å². The number of rotatable bonds is 21. The predicted octanol–water partition coefficient (Wildman–Crippen LogP) is 10.5. The summed E-state index contributed by atoms with van der Waals surface area (Å²) in [4.78, 5) is 12.5. The predicted molar refractivity (Wildman–Crippen MR) is 183 cm³/mol. The lowest BCUT2D eigenvalue weighted by atomic mass is 9.94. The third kappa shape index (κ3) is 10.9. The molecule has 0 bridgehead atoms. The number of aliphatic imine (C=N–C) groups is 2. The summed E-state index contributed by atoms with van der Waals surface area (Å²) in [5.74, 6) is 1.56. The molecule has 0 amide bonds. The van der Waals surface area contributed by atoms with Gasteiger partial charge >= 0.3 is 0 Å². The van der Waals surface area contributed by atoms with Crippen LogP contribution in [-0.2, 0) is 4.74 Å². The van der Waals surface area contributed by atoms with Gasteiger partial charge < -0.3 is 9.64 Å². The maximum atomic E-state index is 6.43. The molecule has 0 saturated heterocycles. The summed E-state index contributed by atoms with van der Waals surface area (Å²) in [5.41, 5.74) is 5.32. The molecule has 3 rings (SSSR count). The van der Waals surface area contributed by atoms with Gasteiger partial charge in [-0.25, -0.2) is 4.99 Å². The number of unbranched alkanes of at least 4 members (excludes halogenated alkanes) is 10. The molecular formula is C38H59N3O. The van der Waals surface area contributed by atoms with Gasteiger partial charge in [-0.15, -0.1) is 0 Å². The number of benzene rings is 1. The number of ether oxygens (including phenoxy) is 1. The molecule has 1 aliphatic carbocycles. The van der Waals surface area contributed by atoms with E-state index in [-0.39, 0.29) is 6.10 Å². The second-order valence-corrected chi connectivity index (χ2v) is 12.1. The highest BCUT2D eigenvalue weighted by Gasteiger charge is 2.26. The van der Waals surface area contributed by atoms with Crippen molar-refractivity contribution in [1.29, 1.82) is 0 Å². The molecule has 0 saturated carbocycles. The second kappa shape index (κ2) is 19.5. The number of fused-ring (bicyclic) bond motifs is 1. The molecule has 0 N–H and O–H groups in total. The Morgan fingerprint density at radius 3 is 2.10 bits per heavy atom. The van der Waals surface area contributed by atoms with Crippen molar-refractivity contribution in [3.63, 3.8) is 0 Å². The van der Waals surface area contributed by atoms with Crippen molar-refractivity contribution in [2.45, 2.75) is 131 Å². The number of nitrogens with zero attached hydrogens (tertiary/aromatic N) is 3. The molecule has 1 unspecified atom stereocenters. The van der Waals surface area contributed by atoms with Crippen molar-refractivity contribution in [3.8, 4) is 0 Å². The van der Waals surface area contributed by atoms with Crippen LogP contribution in [0.25, 0.3) is 5.70 Å². The van der Waals surface area contributed by atoms with Gasteiger partial charge in [0, 0.05) is 42.7 Å². The monoisotopic (exact) mass is 573 g/mol. The molecule has 1 atom stereocenters. The van der Waals surface area contributed by atoms with Crippen LogP contribution in [-0.4, -0.2) is 42.6 Å². The Labute approximate surface area is 258 Å². The summed E-state index contributed by atoms with van der Waals surface area (Å²) in [7, 11) is 0. The van der Waals surface area contributed by atoms with E-state index < -0.39 is 0 Å². The zero-order valence-corrected chi connectivity index (χ0v) is 27.5. The van der Waals surface area contributed by atoms with Gasteiger partial charge in [-0.1, -0.05) is 115 Å².